The molecule has 82 valence electrons. The summed E-state index contributed by atoms with van der Waals surface area (Å²) >= 11 is 1.73. The van der Waals surface area contributed by atoms with Gasteiger partial charge in [-0.25, -0.2) is 0 Å². The second-order valence-corrected chi connectivity index (χ2v) is 3.77. The van der Waals surface area contributed by atoms with E-state index >= 15 is 0 Å². The number of aromatic nitrogens is 1. The molecule has 15 heavy (non-hydrogen) atoms. The Kier molecular flexibility index (Phi) is 3.68. The van der Waals surface area contributed by atoms with Crippen molar-refractivity contribution in [1.29, 1.82) is 0 Å². The Morgan fingerprint density at radius 3 is 2.20 bits per heavy atom. The lowest BCUT2D eigenvalue weighted by molar-refractivity contribution is -0.573. The fourth-order valence-electron chi connectivity index (χ4n) is 1.07. The van der Waals surface area contributed by atoms with Gasteiger partial charge in [0.1, 0.15) is 11.5 Å². The van der Waals surface area contributed by atoms with E-state index in [-0.39, 0.29) is 0 Å². The van der Waals surface area contributed by atoms with Crippen LogP contribution in [0, 0.1) is 0 Å². The molecule has 0 aliphatic rings. The van der Waals surface area contributed by atoms with E-state index < -0.39 is 7.25 Å². The van der Waals surface area contributed by atoms with E-state index in [2.05, 4.69) is 40.6 Å². The summed E-state index contributed by atoms with van der Waals surface area (Å²) in [6, 6.07) is 8.39. The minimum absolute atomic E-state index is 1.31. The molecule has 1 heterocycles. The molecule has 0 atom stereocenters. The van der Waals surface area contributed by atoms with E-state index in [1.165, 1.54) is 10.9 Å². The Labute approximate surface area is 88.2 Å². The summed E-state index contributed by atoms with van der Waals surface area (Å²) in [5, 5.41) is 3.49. The fourth-order valence-corrected chi connectivity index (χ4v) is 1.82. The van der Waals surface area contributed by atoms with Crippen LogP contribution in [0.15, 0.2) is 29.6 Å². The molecule has 0 amide bonds. The molecule has 2 aromatic rings. The Hall–Kier alpha value is -1.11. The maximum atomic E-state index is 9.75. The van der Waals surface area contributed by atoms with E-state index in [0.29, 0.717) is 0 Å². The van der Waals surface area contributed by atoms with Crippen molar-refractivity contribution in [1.82, 2.24) is 0 Å². The van der Waals surface area contributed by atoms with Crippen molar-refractivity contribution in [3.63, 3.8) is 0 Å². The first-order chi connectivity index (χ1) is 6.88. The molecule has 1 aromatic carbocycles. The number of benzene rings is 1. The Morgan fingerprint density at radius 1 is 1.13 bits per heavy atom. The van der Waals surface area contributed by atoms with Crippen LogP contribution in [0.5, 0.6) is 0 Å². The topological polar surface area (TPSA) is 3.88 Å². The molecule has 0 fully saturated rings. The zero-order valence-corrected chi connectivity index (χ0v) is 8.65. The largest absolute Gasteiger partial charge is 0.673 e. The SMILES string of the molecule is C[n+]1scc2ccccc21.F[B-](F)(F)F. The highest BCUT2D eigenvalue weighted by atomic mass is 32.1. The average Bonchev–Trinajstić information content (AvgIpc) is 2.46. The van der Waals surface area contributed by atoms with E-state index in [0.717, 1.165) is 0 Å². The fraction of sp³-hybridized carbons (Fsp3) is 0.125. The lowest BCUT2D eigenvalue weighted by atomic mass is 10.3. The number of nitrogens with zero attached hydrogens (tertiary/aromatic N) is 1. The van der Waals surface area contributed by atoms with E-state index in [9.17, 15) is 17.3 Å². The second kappa shape index (κ2) is 4.61. The zero-order valence-electron chi connectivity index (χ0n) is 7.83. The number of halogens is 4. The van der Waals surface area contributed by atoms with Gasteiger partial charge in [-0.2, -0.15) is 0 Å². The third-order valence-electron chi connectivity index (χ3n) is 1.61. The predicted molar refractivity (Wildman–Crippen MR) is 53.2 cm³/mol. The molecular weight excluding hydrogens is 229 g/mol. The maximum absolute atomic E-state index is 9.75. The van der Waals surface area contributed by atoms with E-state index in [1.54, 1.807) is 11.5 Å². The van der Waals surface area contributed by atoms with Gasteiger partial charge >= 0.3 is 7.25 Å². The Morgan fingerprint density at radius 2 is 1.67 bits per heavy atom. The molecule has 2 rings (SSSR count). The monoisotopic (exact) mass is 237 g/mol. The van der Waals surface area contributed by atoms with Gasteiger partial charge in [-0.3, -0.25) is 0 Å². The molecule has 1 aromatic heterocycles. The van der Waals surface area contributed by atoms with Gasteiger partial charge in [0, 0.05) is 6.07 Å². The molecule has 0 N–H and O–H groups in total. The molecule has 0 spiro atoms. The van der Waals surface area contributed by atoms with Crippen molar-refractivity contribution in [2.24, 2.45) is 7.05 Å². The minimum Gasteiger partial charge on any atom is -0.418 e. The summed E-state index contributed by atoms with van der Waals surface area (Å²) in [6.07, 6.45) is 0. The van der Waals surface area contributed by atoms with Gasteiger partial charge < -0.3 is 17.3 Å². The van der Waals surface area contributed by atoms with Gasteiger partial charge in [0.2, 0.25) is 5.52 Å². The smallest absolute Gasteiger partial charge is 0.418 e. The highest BCUT2D eigenvalue weighted by molar-refractivity contribution is 7.00. The van der Waals surface area contributed by atoms with Gasteiger partial charge in [-0.05, 0) is 6.07 Å². The standard InChI is InChI=1S/C8H8NS.BF4/c1-9-8-5-3-2-4-7(8)6-10-9;2-1(3,4)5/h2-6H,1H3;/q+1;-1. The van der Waals surface area contributed by atoms with Crippen LogP contribution in [0.1, 0.15) is 0 Å². The highest BCUT2D eigenvalue weighted by Gasteiger charge is 2.20. The van der Waals surface area contributed by atoms with Crippen LogP contribution >= 0.6 is 11.5 Å². The number of hydrogen-bond donors (Lipinski definition) is 0. The number of para-hydroxylation sites is 1. The number of fused-ring (bicyclic) bond motifs is 1. The number of aryl methyl sites for hydroxylation is 1. The second-order valence-electron chi connectivity index (χ2n) is 2.77. The van der Waals surface area contributed by atoms with Crippen LogP contribution in [0.3, 0.4) is 0 Å². The maximum Gasteiger partial charge on any atom is 0.673 e. The molecule has 0 radical (unpaired) electrons. The first kappa shape index (κ1) is 12.0. The van der Waals surface area contributed by atoms with Crippen LogP contribution < -0.4 is 3.96 Å². The van der Waals surface area contributed by atoms with Gasteiger partial charge in [-0.15, -0.1) is 3.96 Å². The molecule has 0 bridgehead atoms. The zero-order chi connectivity index (χ0) is 11.5. The minimum atomic E-state index is -6.00. The molecular formula is C8H8BF4NS. The average molecular weight is 237 g/mol. The summed E-state index contributed by atoms with van der Waals surface area (Å²) in [5.74, 6) is 0. The van der Waals surface area contributed by atoms with Crippen molar-refractivity contribution >= 4 is 29.7 Å². The van der Waals surface area contributed by atoms with Crippen molar-refractivity contribution in [2.75, 3.05) is 0 Å². The quantitative estimate of drug-likeness (QED) is 0.376. The van der Waals surface area contributed by atoms with Crippen molar-refractivity contribution in [3.05, 3.63) is 29.6 Å². The molecule has 1 nitrogen and oxygen atoms in total. The summed E-state index contributed by atoms with van der Waals surface area (Å²) in [6.45, 7) is 0. The molecule has 0 aliphatic carbocycles. The van der Waals surface area contributed by atoms with Crippen LogP contribution in [0.25, 0.3) is 10.9 Å². The normalized spacial score (nSPS) is 11.0. The molecule has 0 saturated heterocycles. The number of rotatable bonds is 0. The van der Waals surface area contributed by atoms with E-state index in [1.807, 2.05) is 0 Å². The summed E-state index contributed by atoms with van der Waals surface area (Å²) in [5.41, 5.74) is 1.31. The van der Waals surface area contributed by atoms with Crippen molar-refractivity contribution in [3.8, 4) is 0 Å². The van der Waals surface area contributed by atoms with Gasteiger partial charge in [0.25, 0.3) is 0 Å². The molecule has 0 saturated carbocycles. The van der Waals surface area contributed by atoms with Crippen LogP contribution in [-0.4, -0.2) is 7.25 Å². The van der Waals surface area contributed by atoms with Gasteiger partial charge in [-0.1, -0.05) is 12.1 Å². The number of hydrogen-bond acceptors (Lipinski definition) is 1. The molecule has 0 unspecified atom stereocenters. The van der Waals surface area contributed by atoms with Crippen LogP contribution in [-0.2, 0) is 7.05 Å². The van der Waals surface area contributed by atoms with Crippen molar-refractivity contribution < 1.29 is 21.2 Å². The predicted octanol–water partition coefficient (Wildman–Crippen LogP) is 3.03. The van der Waals surface area contributed by atoms with E-state index in [4.69, 9.17) is 0 Å². The summed E-state index contributed by atoms with van der Waals surface area (Å²) < 4.78 is 41.2. The molecule has 7 heteroatoms. The molecule has 0 aliphatic heterocycles. The third-order valence-corrected chi connectivity index (χ3v) is 2.49. The Bertz CT molecular complexity index is 433. The third kappa shape index (κ3) is 4.29. The highest BCUT2D eigenvalue weighted by Crippen LogP contribution is 2.10. The van der Waals surface area contributed by atoms with Crippen molar-refractivity contribution in [2.45, 2.75) is 0 Å². The Balaban J connectivity index is 0.000000195. The van der Waals surface area contributed by atoms with Crippen LogP contribution in [0.4, 0.5) is 17.3 Å². The first-order valence-corrected chi connectivity index (χ1v) is 4.91. The first-order valence-electron chi connectivity index (χ1n) is 4.08. The lowest BCUT2D eigenvalue weighted by Gasteiger charge is -1.94. The summed E-state index contributed by atoms with van der Waals surface area (Å²) in [7, 11) is -3.92. The van der Waals surface area contributed by atoms with Gasteiger partial charge in [0.15, 0.2) is 7.05 Å². The summed E-state index contributed by atoms with van der Waals surface area (Å²) in [4.78, 5) is 0. The lowest BCUT2D eigenvalue weighted by Crippen LogP contribution is -2.20. The van der Waals surface area contributed by atoms with Crippen LogP contribution in [0.2, 0.25) is 0 Å². The van der Waals surface area contributed by atoms with Gasteiger partial charge in [0.05, 0.1) is 10.8 Å².